The summed E-state index contributed by atoms with van der Waals surface area (Å²) in [4.78, 5) is -0.322. The molecule has 17 heavy (non-hydrogen) atoms. The van der Waals surface area contributed by atoms with Gasteiger partial charge in [0.2, 0.25) is 0 Å². The lowest BCUT2D eigenvalue weighted by atomic mass is 10.2. The number of hydrogen-bond acceptors (Lipinski definition) is 2. The Hall–Kier alpha value is -1.42. The van der Waals surface area contributed by atoms with Gasteiger partial charge in [0.1, 0.15) is 5.82 Å². The normalized spacial score (nSPS) is 15.0. The molecular weight excluding hydrogens is 258 g/mol. The lowest BCUT2D eigenvalue weighted by Crippen LogP contribution is -2.27. The Labute approximate surface area is 97.3 Å². The van der Waals surface area contributed by atoms with E-state index in [1.54, 1.807) is 0 Å². The van der Waals surface area contributed by atoms with Crippen LogP contribution in [-0.4, -0.2) is 16.1 Å². The van der Waals surface area contributed by atoms with Crippen LogP contribution < -0.4 is 0 Å². The number of hydrogen-bond donors (Lipinski definition) is 0. The molecule has 0 heterocycles. The zero-order valence-corrected chi connectivity index (χ0v) is 9.19. The first-order valence-electron chi connectivity index (χ1n) is 4.45. The molecule has 1 rings (SSSR count). The van der Waals surface area contributed by atoms with Gasteiger partial charge < -0.3 is 0 Å². The van der Waals surface area contributed by atoms with Gasteiger partial charge in [0.05, 0.1) is 27.5 Å². The number of nitriles is 1. The predicted octanol–water partition coefficient (Wildman–Crippen LogP) is 2.64. The first kappa shape index (κ1) is 13.6. The van der Waals surface area contributed by atoms with Crippen LogP contribution in [0.5, 0.6) is 0 Å². The fraction of sp³-hybridized carbons (Fsp3) is 0.300. The zero-order valence-electron chi connectivity index (χ0n) is 8.37. The van der Waals surface area contributed by atoms with E-state index >= 15 is 0 Å². The highest BCUT2D eigenvalue weighted by Crippen LogP contribution is 2.27. The van der Waals surface area contributed by atoms with Crippen molar-refractivity contribution in [2.45, 2.75) is 11.1 Å². The van der Waals surface area contributed by atoms with Crippen molar-refractivity contribution in [3.05, 3.63) is 30.1 Å². The Morgan fingerprint density at radius 3 is 2.41 bits per heavy atom. The summed E-state index contributed by atoms with van der Waals surface area (Å²) in [5.74, 6) is -4.16. The third-order valence-corrected chi connectivity index (χ3v) is 3.41. The van der Waals surface area contributed by atoms with Crippen LogP contribution in [-0.2, 0) is 10.8 Å². The molecule has 2 nitrogen and oxygen atoms in total. The predicted molar refractivity (Wildman–Crippen MR) is 52.8 cm³/mol. The van der Waals surface area contributed by atoms with Crippen LogP contribution in [0.3, 0.4) is 0 Å². The number of alkyl halides is 3. The van der Waals surface area contributed by atoms with Crippen molar-refractivity contribution < 1.29 is 21.8 Å². The largest absolute Gasteiger partial charge is 0.405 e. The summed E-state index contributed by atoms with van der Waals surface area (Å²) in [6.45, 7) is 0. The number of rotatable bonds is 3. The minimum atomic E-state index is -4.75. The van der Waals surface area contributed by atoms with Crippen molar-refractivity contribution >= 4 is 10.8 Å². The molecule has 2 unspecified atom stereocenters. The van der Waals surface area contributed by atoms with Crippen molar-refractivity contribution in [2.24, 2.45) is 5.92 Å². The molecule has 0 radical (unpaired) electrons. The van der Waals surface area contributed by atoms with E-state index in [1.165, 1.54) is 12.1 Å². The van der Waals surface area contributed by atoms with Crippen molar-refractivity contribution in [2.75, 3.05) is 5.75 Å². The van der Waals surface area contributed by atoms with Gasteiger partial charge in [-0.2, -0.15) is 18.4 Å². The summed E-state index contributed by atoms with van der Waals surface area (Å²) in [5, 5.41) is 8.33. The van der Waals surface area contributed by atoms with E-state index in [9.17, 15) is 21.8 Å². The second-order valence-electron chi connectivity index (χ2n) is 3.17. The van der Waals surface area contributed by atoms with Gasteiger partial charge >= 0.3 is 6.18 Å². The first-order valence-corrected chi connectivity index (χ1v) is 5.77. The van der Waals surface area contributed by atoms with Crippen LogP contribution in [0.4, 0.5) is 17.6 Å². The summed E-state index contributed by atoms with van der Waals surface area (Å²) < 4.78 is 61.4. The molecule has 0 N–H and O–H groups in total. The topological polar surface area (TPSA) is 40.9 Å². The fourth-order valence-electron chi connectivity index (χ4n) is 1.08. The monoisotopic (exact) mass is 265 g/mol. The SMILES string of the molecule is N#CC(CS(=O)c1ccccc1F)C(F)(F)F. The fourth-order valence-corrected chi connectivity index (χ4v) is 2.34. The van der Waals surface area contributed by atoms with Crippen molar-refractivity contribution in [1.29, 1.82) is 5.26 Å². The quantitative estimate of drug-likeness (QED) is 0.788. The van der Waals surface area contributed by atoms with E-state index < -0.39 is 34.5 Å². The summed E-state index contributed by atoms with van der Waals surface area (Å²) >= 11 is 0. The second kappa shape index (κ2) is 5.27. The van der Waals surface area contributed by atoms with E-state index in [1.807, 2.05) is 0 Å². The molecule has 0 fully saturated rings. The maximum absolute atomic E-state index is 13.1. The molecule has 0 saturated heterocycles. The molecule has 1 aromatic rings. The number of benzene rings is 1. The van der Waals surface area contributed by atoms with E-state index in [0.29, 0.717) is 0 Å². The molecule has 0 aliphatic rings. The first-order chi connectivity index (χ1) is 7.86. The Bertz CT molecular complexity index is 466. The molecule has 0 spiro atoms. The maximum atomic E-state index is 13.1. The molecule has 0 aromatic heterocycles. The van der Waals surface area contributed by atoms with Gasteiger partial charge in [-0.15, -0.1) is 0 Å². The lowest BCUT2D eigenvalue weighted by Gasteiger charge is -2.12. The maximum Gasteiger partial charge on any atom is 0.405 e. The highest BCUT2D eigenvalue weighted by Gasteiger charge is 2.41. The standard InChI is InChI=1S/C10H7F4NOS/c11-8-3-1-2-4-9(8)17(16)6-7(5-15)10(12,13)14/h1-4,7H,6H2. The van der Waals surface area contributed by atoms with Crippen molar-refractivity contribution in [3.8, 4) is 6.07 Å². The zero-order chi connectivity index (χ0) is 13.1. The minimum absolute atomic E-state index is 0.322. The molecule has 2 atom stereocenters. The molecule has 0 amide bonds. The number of halogens is 4. The van der Waals surface area contributed by atoms with Crippen LogP contribution >= 0.6 is 0 Å². The van der Waals surface area contributed by atoms with Crippen molar-refractivity contribution in [3.63, 3.8) is 0 Å². The summed E-state index contributed by atoms with van der Waals surface area (Å²) in [5.41, 5.74) is 0. The van der Waals surface area contributed by atoms with Crippen LogP contribution in [0.25, 0.3) is 0 Å². The van der Waals surface area contributed by atoms with Gasteiger partial charge in [0.15, 0.2) is 5.92 Å². The highest BCUT2D eigenvalue weighted by atomic mass is 32.2. The Balaban J connectivity index is 2.87. The molecule has 92 valence electrons. The molecule has 0 saturated carbocycles. The van der Waals surface area contributed by atoms with Gasteiger partial charge in [-0.1, -0.05) is 12.1 Å². The third kappa shape index (κ3) is 3.53. The van der Waals surface area contributed by atoms with E-state index in [2.05, 4.69) is 0 Å². The van der Waals surface area contributed by atoms with Crippen LogP contribution in [0.15, 0.2) is 29.2 Å². The summed E-state index contributed by atoms with van der Waals surface area (Å²) in [6.07, 6.45) is -4.75. The van der Waals surface area contributed by atoms with Gasteiger partial charge in [0.25, 0.3) is 0 Å². The molecule has 0 aliphatic heterocycles. The van der Waals surface area contributed by atoms with E-state index in [4.69, 9.17) is 5.26 Å². The average molecular weight is 265 g/mol. The van der Waals surface area contributed by atoms with Gasteiger partial charge in [0, 0.05) is 0 Å². The number of nitrogens with zero attached hydrogens (tertiary/aromatic N) is 1. The van der Waals surface area contributed by atoms with Gasteiger partial charge in [-0.25, -0.2) is 4.39 Å². The lowest BCUT2D eigenvalue weighted by molar-refractivity contribution is -0.153. The van der Waals surface area contributed by atoms with E-state index in [-0.39, 0.29) is 4.90 Å². The Morgan fingerprint density at radius 1 is 1.35 bits per heavy atom. The molecular formula is C10H7F4NOS. The highest BCUT2D eigenvalue weighted by molar-refractivity contribution is 7.85. The second-order valence-corrected chi connectivity index (χ2v) is 4.63. The Kier molecular flexibility index (Phi) is 4.23. The summed E-state index contributed by atoms with van der Waals surface area (Å²) in [7, 11) is -2.19. The summed E-state index contributed by atoms with van der Waals surface area (Å²) in [6, 6.07) is 5.86. The molecule has 0 bridgehead atoms. The molecule has 1 aromatic carbocycles. The van der Waals surface area contributed by atoms with Crippen LogP contribution in [0, 0.1) is 23.1 Å². The smallest absolute Gasteiger partial charge is 0.254 e. The average Bonchev–Trinajstić information content (AvgIpc) is 2.24. The van der Waals surface area contributed by atoms with Crippen LogP contribution in [0.2, 0.25) is 0 Å². The minimum Gasteiger partial charge on any atom is -0.254 e. The molecule has 0 aliphatic carbocycles. The third-order valence-electron chi connectivity index (χ3n) is 1.95. The van der Waals surface area contributed by atoms with E-state index in [0.717, 1.165) is 18.2 Å². The van der Waals surface area contributed by atoms with Crippen LogP contribution in [0.1, 0.15) is 0 Å². The van der Waals surface area contributed by atoms with Gasteiger partial charge in [-0.05, 0) is 12.1 Å². The van der Waals surface area contributed by atoms with Gasteiger partial charge in [-0.3, -0.25) is 4.21 Å². The van der Waals surface area contributed by atoms with Crippen molar-refractivity contribution in [1.82, 2.24) is 0 Å². The molecule has 7 heteroatoms. The Morgan fingerprint density at radius 2 is 1.94 bits per heavy atom.